The third-order valence-corrected chi connectivity index (χ3v) is 4.68. The number of urea groups is 1. The lowest BCUT2D eigenvalue weighted by Crippen LogP contribution is -2.30. The van der Waals surface area contributed by atoms with Crippen LogP contribution in [-0.4, -0.2) is 25.7 Å². The molecule has 3 rings (SSSR count). The standard InChI is InChI=1S/C20H16BrClN2O4/c1-3-7-28-18-15(21)8-12(10-17(18)27-2)9-16-19(25)24(20(26)23-16)14-6-4-5-13(22)11-14/h3-6,8-11H,1,7H2,2H3,(H,23,26). The first-order valence-electron chi connectivity index (χ1n) is 8.18. The molecule has 28 heavy (non-hydrogen) atoms. The molecule has 0 aromatic heterocycles. The van der Waals surface area contributed by atoms with E-state index < -0.39 is 11.9 Å². The van der Waals surface area contributed by atoms with Crippen LogP contribution in [-0.2, 0) is 4.79 Å². The normalized spacial score (nSPS) is 15.0. The third kappa shape index (κ3) is 4.05. The second-order valence-electron chi connectivity index (χ2n) is 5.74. The van der Waals surface area contributed by atoms with Crippen molar-refractivity contribution in [3.63, 3.8) is 0 Å². The highest BCUT2D eigenvalue weighted by atomic mass is 79.9. The first-order chi connectivity index (χ1) is 13.4. The van der Waals surface area contributed by atoms with Gasteiger partial charge < -0.3 is 14.8 Å². The zero-order valence-electron chi connectivity index (χ0n) is 14.9. The number of methoxy groups -OCH3 is 1. The van der Waals surface area contributed by atoms with Crippen molar-refractivity contribution in [2.24, 2.45) is 0 Å². The van der Waals surface area contributed by atoms with Crippen LogP contribution in [0, 0.1) is 0 Å². The van der Waals surface area contributed by atoms with Gasteiger partial charge in [0.15, 0.2) is 11.5 Å². The Hall–Kier alpha value is -2.77. The maximum Gasteiger partial charge on any atom is 0.333 e. The monoisotopic (exact) mass is 462 g/mol. The van der Waals surface area contributed by atoms with Crippen LogP contribution in [0.25, 0.3) is 6.08 Å². The van der Waals surface area contributed by atoms with Crippen molar-refractivity contribution < 1.29 is 19.1 Å². The quantitative estimate of drug-likeness (QED) is 0.380. The van der Waals surface area contributed by atoms with Gasteiger partial charge in [0.2, 0.25) is 0 Å². The van der Waals surface area contributed by atoms with Crippen molar-refractivity contribution in [2.45, 2.75) is 0 Å². The van der Waals surface area contributed by atoms with E-state index in [1.165, 1.54) is 7.11 Å². The summed E-state index contributed by atoms with van der Waals surface area (Å²) >= 11 is 9.40. The lowest BCUT2D eigenvalue weighted by molar-refractivity contribution is -0.113. The Morgan fingerprint density at radius 3 is 2.75 bits per heavy atom. The lowest BCUT2D eigenvalue weighted by atomic mass is 10.1. The lowest BCUT2D eigenvalue weighted by Gasteiger charge is -2.13. The molecule has 1 aliphatic rings. The Morgan fingerprint density at radius 1 is 1.29 bits per heavy atom. The maximum atomic E-state index is 12.7. The Kier molecular flexibility index (Phi) is 6.06. The molecule has 1 saturated heterocycles. The molecule has 0 saturated carbocycles. The van der Waals surface area contributed by atoms with Crippen molar-refractivity contribution in [1.82, 2.24) is 5.32 Å². The summed E-state index contributed by atoms with van der Waals surface area (Å²) in [6.07, 6.45) is 3.19. The van der Waals surface area contributed by atoms with Gasteiger partial charge in [-0.1, -0.05) is 30.3 Å². The third-order valence-electron chi connectivity index (χ3n) is 3.85. The molecule has 0 aliphatic carbocycles. The topological polar surface area (TPSA) is 67.9 Å². The molecule has 144 valence electrons. The molecule has 0 bridgehead atoms. The molecule has 0 radical (unpaired) electrons. The number of rotatable bonds is 6. The highest BCUT2D eigenvalue weighted by Gasteiger charge is 2.35. The molecule has 3 amide bonds. The second-order valence-corrected chi connectivity index (χ2v) is 7.03. The number of amides is 3. The van der Waals surface area contributed by atoms with Crippen molar-refractivity contribution in [3.8, 4) is 11.5 Å². The number of hydrogen-bond acceptors (Lipinski definition) is 4. The van der Waals surface area contributed by atoms with Gasteiger partial charge >= 0.3 is 6.03 Å². The molecule has 1 aliphatic heterocycles. The van der Waals surface area contributed by atoms with Gasteiger partial charge in [-0.25, -0.2) is 9.69 Å². The molecule has 1 fully saturated rings. The van der Waals surface area contributed by atoms with E-state index in [1.807, 2.05) is 0 Å². The summed E-state index contributed by atoms with van der Waals surface area (Å²) in [4.78, 5) is 26.1. The van der Waals surface area contributed by atoms with E-state index >= 15 is 0 Å². The number of imide groups is 1. The number of carbonyl (C=O) groups is 2. The maximum absolute atomic E-state index is 12.7. The van der Waals surface area contributed by atoms with Gasteiger partial charge in [-0.2, -0.15) is 0 Å². The minimum Gasteiger partial charge on any atom is -0.493 e. The molecule has 8 heteroatoms. The second kappa shape index (κ2) is 8.50. The first-order valence-corrected chi connectivity index (χ1v) is 9.35. The molecule has 2 aromatic carbocycles. The van der Waals surface area contributed by atoms with Gasteiger partial charge in [0, 0.05) is 5.02 Å². The van der Waals surface area contributed by atoms with Crippen LogP contribution < -0.4 is 19.7 Å². The predicted octanol–water partition coefficient (Wildman–Crippen LogP) is 4.77. The van der Waals surface area contributed by atoms with Crippen LogP contribution in [0.15, 0.2) is 59.2 Å². The SMILES string of the molecule is C=CCOc1c(Br)cc(C=C2NC(=O)N(c3cccc(Cl)c3)C2=O)cc1OC. The first kappa shape index (κ1) is 20.0. The summed E-state index contributed by atoms with van der Waals surface area (Å²) in [7, 11) is 1.52. The molecule has 0 atom stereocenters. The smallest absolute Gasteiger partial charge is 0.333 e. The van der Waals surface area contributed by atoms with E-state index in [0.29, 0.717) is 38.9 Å². The highest BCUT2D eigenvalue weighted by molar-refractivity contribution is 9.10. The van der Waals surface area contributed by atoms with Crippen LogP contribution in [0.3, 0.4) is 0 Å². The van der Waals surface area contributed by atoms with Gasteiger partial charge in [0.05, 0.1) is 17.3 Å². The summed E-state index contributed by atoms with van der Waals surface area (Å²) in [6, 6.07) is 9.44. The Balaban J connectivity index is 1.93. The van der Waals surface area contributed by atoms with Crippen LogP contribution in [0.2, 0.25) is 5.02 Å². The van der Waals surface area contributed by atoms with Crippen LogP contribution >= 0.6 is 27.5 Å². The number of benzene rings is 2. The molecule has 2 aromatic rings. The number of nitrogens with zero attached hydrogens (tertiary/aromatic N) is 1. The van der Waals surface area contributed by atoms with E-state index in [0.717, 1.165) is 4.90 Å². The number of carbonyl (C=O) groups excluding carboxylic acids is 2. The van der Waals surface area contributed by atoms with Gasteiger partial charge in [-0.05, 0) is 57.9 Å². The summed E-state index contributed by atoms with van der Waals surface area (Å²) in [5.74, 6) is 0.521. The number of nitrogens with one attached hydrogen (secondary N) is 1. The van der Waals surface area contributed by atoms with Crippen molar-refractivity contribution in [2.75, 3.05) is 18.6 Å². The molecule has 1 heterocycles. The summed E-state index contributed by atoms with van der Waals surface area (Å²) in [5, 5.41) is 3.01. The molecule has 6 nitrogen and oxygen atoms in total. The minimum absolute atomic E-state index is 0.138. The van der Waals surface area contributed by atoms with E-state index in [9.17, 15) is 9.59 Å². The number of halogens is 2. The average molecular weight is 464 g/mol. The number of anilines is 1. The van der Waals surface area contributed by atoms with Gasteiger partial charge in [0.1, 0.15) is 12.3 Å². The van der Waals surface area contributed by atoms with Gasteiger partial charge in [-0.15, -0.1) is 0 Å². The van der Waals surface area contributed by atoms with Gasteiger partial charge in [-0.3, -0.25) is 4.79 Å². The number of hydrogen-bond donors (Lipinski definition) is 1. The molecule has 1 N–H and O–H groups in total. The minimum atomic E-state index is -0.546. The Labute approximate surface area is 175 Å². The van der Waals surface area contributed by atoms with Crippen molar-refractivity contribution in [1.29, 1.82) is 0 Å². The van der Waals surface area contributed by atoms with E-state index in [4.69, 9.17) is 21.1 Å². The summed E-state index contributed by atoms with van der Waals surface area (Å²) in [6.45, 7) is 3.94. The Morgan fingerprint density at radius 2 is 2.07 bits per heavy atom. The molecule has 0 spiro atoms. The average Bonchev–Trinajstić information content (AvgIpc) is 2.93. The predicted molar refractivity (Wildman–Crippen MR) is 112 cm³/mol. The molecule has 0 unspecified atom stereocenters. The van der Waals surface area contributed by atoms with E-state index in [-0.39, 0.29) is 5.70 Å². The van der Waals surface area contributed by atoms with Crippen LogP contribution in [0.5, 0.6) is 11.5 Å². The summed E-state index contributed by atoms with van der Waals surface area (Å²) < 4.78 is 11.6. The zero-order valence-corrected chi connectivity index (χ0v) is 17.2. The zero-order chi connectivity index (χ0) is 20.3. The fourth-order valence-corrected chi connectivity index (χ4v) is 3.42. The molecular weight excluding hydrogens is 448 g/mol. The fraction of sp³-hybridized carbons (Fsp3) is 0.100. The van der Waals surface area contributed by atoms with Gasteiger partial charge in [0.25, 0.3) is 5.91 Å². The van der Waals surface area contributed by atoms with E-state index in [2.05, 4.69) is 27.8 Å². The Bertz CT molecular complexity index is 990. The van der Waals surface area contributed by atoms with Crippen molar-refractivity contribution >= 4 is 51.2 Å². The van der Waals surface area contributed by atoms with Crippen LogP contribution in [0.4, 0.5) is 10.5 Å². The highest BCUT2D eigenvalue weighted by Crippen LogP contribution is 2.37. The van der Waals surface area contributed by atoms with Crippen molar-refractivity contribution in [3.05, 3.63) is 69.8 Å². The van der Waals surface area contributed by atoms with Crippen LogP contribution in [0.1, 0.15) is 5.56 Å². The van der Waals surface area contributed by atoms with E-state index in [1.54, 1.807) is 48.6 Å². The fourth-order valence-electron chi connectivity index (χ4n) is 2.66. The number of ether oxygens (including phenoxy) is 2. The molecular formula is C20H16BrClN2O4. The summed E-state index contributed by atoms with van der Waals surface area (Å²) in [5.41, 5.74) is 1.18. The largest absolute Gasteiger partial charge is 0.493 e.